The molecule has 2 aliphatic rings. The molecule has 42 heavy (non-hydrogen) atoms. The minimum Gasteiger partial charge on any atom is -0.454 e. The second kappa shape index (κ2) is 7.95. The van der Waals surface area contributed by atoms with Crippen LogP contribution in [0, 0.1) is 10.5 Å². The number of benzene rings is 6. The lowest BCUT2D eigenvalue weighted by Gasteiger charge is -2.28. The molecule has 10 rings (SSSR count). The summed E-state index contributed by atoms with van der Waals surface area (Å²) in [6.07, 6.45) is 0. The zero-order valence-corrected chi connectivity index (χ0v) is 24.8. The molecular formula is C37H22IN3O. The first-order valence-electron chi connectivity index (χ1n) is 14.2. The van der Waals surface area contributed by atoms with Crippen LogP contribution in [-0.4, -0.2) is 13.8 Å². The fraction of sp³-hybridized carbons (Fsp3) is 0.0270. The third-order valence-electron chi connectivity index (χ3n) is 8.98. The molecule has 5 heteroatoms. The molecule has 0 unspecified atom stereocenters. The van der Waals surface area contributed by atoms with Crippen LogP contribution in [-0.2, 0) is 0 Å². The monoisotopic (exact) mass is 651 g/mol. The third kappa shape index (κ3) is 2.68. The standard InChI is InChI=1S/C37H22IN3O/c1-21-10-8-18-31-33(21)41-35-26(25-14-9-13-24-22-11-2-5-16-29(22)40(41)34(24)25)20-27-23-12-3-7-19-32(23)42-37(27)36(35)39(31)30-17-6-4-15-28(30)38/h2-20H,1H3. The summed E-state index contributed by atoms with van der Waals surface area (Å²) in [4.78, 5) is 0. The van der Waals surface area contributed by atoms with Crippen LogP contribution in [0.1, 0.15) is 5.56 Å². The topological polar surface area (TPSA) is 27.4 Å². The molecule has 0 aliphatic carbocycles. The molecule has 2 aliphatic heterocycles. The molecule has 0 fully saturated rings. The van der Waals surface area contributed by atoms with Crippen molar-refractivity contribution in [3.8, 4) is 11.4 Å². The number of aryl methyl sites for hydroxylation is 1. The molecule has 4 heterocycles. The Morgan fingerprint density at radius 2 is 1.26 bits per heavy atom. The summed E-state index contributed by atoms with van der Waals surface area (Å²) in [5.41, 5.74) is 11.1. The summed E-state index contributed by atoms with van der Waals surface area (Å²) in [6, 6.07) is 41.6. The van der Waals surface area contributed by atoms with Crippen molar-refractivity contribution in [3.63, 3.8) is 0 Å². The van der Waals surface area contributed by atoms with Crippen molar-refractivity contribution < 1.29 is 4.42 Å². The van der Waals surface area contributed by atoms with E-state index >= 15 is 0 Å². The number of hydrogen-bond acceptors (Lipinski definition) is 1. The minimum absolute atomic E-state index is 0.902. The van der Waals surface area contributed by atoms with Crippen LogP contribution in [0.25, 0.3) is 82.4 Å². The third-order valence-corrected chi connectivity index (χ3v) is 9.89. The second-order valence-corrected chi connectivity index (χ2v) is 12.3. The predicted octanol–water partition coefficient (Wildman–Crippen LogP) is 10.4. The number of halogens is 1. The van der Waals surface area contributed by atoms with Gasteiger partial charge in [0.15, 0.2) is 5.58 Å². The van der Waals surface area contributed by atoms with Crippen molar-refractivity contribution in [2.75, 3.05) is 0 Å². The molecule has 0 atom stereocenters. The van der Waals surface area contributed by atoms with Gasteiger partial charge >= 0.3 is 0 Å². The molecule has 0 bridgehead atoms. The smallest absolute Gasteiger partial charge is 0.161 e. The maximum Gasteiger partial charge on any atom is 0.161 e. The molecular weight excluding hydrogens is 629 g/mol. The van der Waals surface area contributed by atoms with Gasteiger partial charge in [-0.25, -0.2) is 9.20 Å². The van der Waals surface area contributed by atoms with Gasteiger partial charge in [-0.15, -0.1) is 0 Å². The second-order valence-electron chi connectivity index (χ2n) is 11.2. The zero-order chi connectivity index (χ0) is 27.7. The van der Waals surface area contributed by atoms with E-state index in [0.29, 0.717) is 0 Å². The summed E-state index contributed by atoms with van der Waals surface area (Å²) in [6.45, 7) is 2.22. The zero-order valence-electron chi connectivity index (χ0n) is 22.6. The number of nitrogens with zero attached hydrogens (tertiary/aromatic N) is 3. The first kappa shape index (κ1) is 22.9. The molecule has 2 aromatic heterocycles. The van der Waals surface area contributed by atoms with Crippen molar-refractivity contribution in [1.29, 1.82) is 0 Å². The van der Waals surface area contributed by atoms with Crippen LogP contribution in [0.5, 0.6) is 0 Å². The van der Waals surface area contributed by atoms with Crippen molar-refractivity contribution in [2.24, 2.45) is 0 Å². The highest BCUT2D eigenvalue weighted by molar-refractivity contribution is 14.1. The van der Waals surface area contributed by atoms with Crippen LogP contribution in [0.4, 0.5) is 0 Å². The molecule has 0 radical (unpaired) electrons. The maximum absolute atomic E-state index is 6.81. The average molecular weight is 652 g/mol. The highest BCUT2D eigenvalue weighted by Crippen LogP contribution is 2.47. The van der Waals surface area contributed by atoms with E-state index in [9.17, 15) is 0 Å². The Hall–Kier alpha value is -4.75. The van der Waals surface area contributed by atoms with E-state index in [4.69, 9.17) is 4.42 Å². The van der Waals surface area contributed by atoms with E-state index in [1.54, 1.807) is 0 Å². The summed E-state index contributed by atoms with van der Waals surface area (Å²) in [7, 11) is 0. The molecule has 0 spiro atoms. The quantitative estimate of drug-likeness (QED) is 0.0986. The van der Waals surface area contributed by atoms with Crippen molar-refractivity contribution in [1.82, 2.24) is 13.8 Å². The number of furan rings is 1. The number of para-hydroxylation sites is 5. The number of fused-ring (bicyclic) bond motifs is 11. The highest BCUT2D eigenvalue weighted by atomic mass is 127. The van der Waals surface area contributed by atoms with E-state index in [1.807, 2.05) is 0 Å². The van der Waals surface area contributed by atoms with E-state index in [1.165, 1.54) is 47.2 Å². The summed E-state index contributed by atoms with van der Waals surface area (Å²) >= 11 is 2.47. The summed E-state index contributed by atoms with van der Waals surface area (Å²) in [5.74, 6) is 0. The Balaban J connectivity index is 1.66. The molecule has 198 valence electrons. The first-order chi connectivity index (χ1) is 20.7. The Morgan fingerprint density at radius 1 is 0.571 bits per heavy atom. The van der Waals surface area contributed by atoms with Gasteiger partial charge in [-0.2, -0.15) is 0 Å². The average Bonchev–Trinajstić information content (AvgIpc) is 3.56. The normalized spacial score (nSPS) is 12.5. The summed E-state index contributed by atoms with van der Waals surface area (Å²) < 4.78 is 15.3. The lowest BCUT2D eigenvalue weighted by molar-refractivity contribution is 0.669. The molecule has 0 saturated carbocycles. The van der Waals surface area contributed by atoms with E-state index in [-0.39, 0.29) is 0 Å². The summed E-state index contributed by atoms with van der Waals surface area (Å²) in [5, 5.41) is 7.25. The van der Waals surface area contributed by atoms with Gasteiger partial charge in [-0.05, 0) is 71.5 Å². The van der Waals surface area contributed by atoms with Crippen LogP contribution in [0.2, 0.25) is 0 Å². The van der Waals surface area contributed by atoms with E-state index < -0.39 is 0 Å². The van der Waals surface area contributed by atoms with Gasteiger partial charge in [0.1, 0.15) is 11.1 Å². The van der Waals surface area contributed by atoms with Gasteiger partial charge in [0.25, 0.3) is 0 Å². The van der Waals surface area contributed by atoms with Crippen molar-refractivity contribution >= 4 is 93.7 Å². The van der Waals surface area contributed by atoms with Crippen LogP contribution in [0.15, 0.2) is 120 Å². The Labute approximate surface area is 253 Å². The lowest BCUT2D eigenvalue weighted by atomic mass is 10.0. The molecule has 0 saturated heterocycles. The lowest BCUT2D eigenvalue weighted by Crippen LogP contribution is -2.18. The number of rotatable bonds is 1. The molecule has 6 aromatic carbocycles. The van der Waals surface area contributed by atoms with Crippen LogP contribution < -0.4 is 0 Å². The predicted molar refractivity (Wildman–Crippen MR) is 182 cm³/mol. The highest BCUT2D eigenvalue weighted by Gasteiger charge is 2.29. The molecule has 8 aromatic rings. The number of aromatic nitrogens is 3. The van der Waals surface area contributed by atoms with Crippen molar-refractivity contribution in [2.45, 2.75) is 6.92 Å². The van der Waals surface area contributed by atoms with Gasteiger partial charge in [-0.3, -0.25) is 0 Å². The molecule has 0 N–H and O–H groups in total. The SMILES string of the molecule is Cc1cccc2c1n1n3c4ccccc4c4cccc(c5cc6c7ccccc7oc6c(c5-1)n2-c1ccccc1I)c43. The van der Waals surface area contributed by atoms with Gasteiger partial charge in [-0.1, -0.05) is 78.9 Å². The fourth-order valence-electron chi connectivity index (χ4n) is 7.30. The fourth-order valence-corrected chi connectivity index (χ4v) is 7.92. The van der Waals surface area contributed by atoms with Crippen LogP contribution in [0.3, 0.4) is 0 Å². The first-order valence-corrected chi connectivity index (χ1v) is 15.2. The largest absolute Gasteiger partial charge is 0.454 e. The molecule has 0 amide bonds. The van der Waals surface area contributed by atoms with Crippen LogP contribution >= 0.6 is 22.6 Å². The Kier molecular flexibility index (Phi) is 4.33. The Morgan fingerprint density at radius 3 is 2.14 bits per heavy atom. The van der Waals surface area contributed by atoms with Gasteiger partial charge in [0, 0.05) is 35.9 Å². The Bertz CT molecular complexity index is 2720. The van der Waals surface area contributed by atoms with E-state index in [2.05, 4.69) is 159 Å². The molecule has 4 nitrogen and oxygen atoms in total. The number of hydrogen-bond donors (Lipinski definition) is 0. The van der Waals surface area contributed by atoms with Gasteiger partial charge in [0.2, 0.25) is 0 Å². The maximum atomic E-state index is 6.81. The van der Waals surface area contributed by atoms with E-state index in [0.717, 1.165) is 44.3 Å². The minimum atomic E-state index is 0.902. The van der Waals surface area contributed by atoms with Gasteiger partial charge < -0.3 is 8.98 Å². The van der Waals surface area contributed by atoms with Gasteiger partial charge in [0.05, 0.1) is 33.4 Å². The van der Waals surface area contributed by atoms with Crippen molar-refractivity contribution in [3.05, 3.63) is 124 Å².